The zero-order chi connectivity index (χ0) is 13.2. The van der Waals surface area contributed by atoms with Crippen molar-refractivity contribution in [1.82, 2.24) is 9.97 Å². The van der Waals surface area contributed by atoms with Gasteiger partial charge in [0.05, 0.1) is 0 Å². The third-order valence-corrected chi connectivity index (χ3v) is 2.93. The summed E-state index contributed by atoms with van der Waals surface area (Å²) in [5.74, 6) is 1.34. The molecule has 0 saturated carbocycles. The maximum absolute atomic E-state index is 5.63. The quantitative estimate of drug-likeness (QED) is 0.718. The third kappa shape index (κ3) is 2.42. The van der Waals surface area contributed by atoms with E-state index in [0.29, 0.717) is 18.2 Å². The standard InChI is InChI=1S/C15H14N2O2/c1-10-3-5-12(6-4-10)18-9-13-17-14-11(2)7-8-16-15(14)19-13/h3-8H,9H2,1-2H3. The summed E-state index contributed by atoms with van der Waals surface area (Å²) in [5, 5.41) is 0. The van der Waals surface area contributed by atoms with Crippen LogP contribution in [-0.2, 0) is 6.61 Å². The lowest BCUT2D eigenvalue weighted by Gasteiger charge is -2.02. The summed E-state index contributed by atoms with van der Waals surface area (Å²) in [6.45, 7) is 4.33. The fourth-order valence-electron chi connectivity index (χ4n) is 1.84. The van der Waals surface area contributed by atoms with Crippen molar-refractivity contribution in [2.24, 2.45) is 0 Å². The largest absolute Gasteiger partial charge is 0.484 e. The summed E-state index contributed by atoms with van der Waals surface area (Å²) >= 11 is 0. The molecule has 0 aliphatic heterocycles. The summed E-state index contributed by atoms with van der Waals surface area (Å²) < 4.78 is 11.2. The van der Waals surface area contributed by atoms with Crippen LogP contribution >= 0.6 is 0 Å². The minimum atomic E-state index is 0.304. The van der Waals surface area contributed by atoms with Gasteiger partial charge in [-0.05, 0) is 37.6 Å². The first-order valence-corrected chi connectivity index (χ1v) is 6.13. The van der Waals surface area contributed by atoms with Crippen LogP contribution in [0.25, 0.3) is 11.2 Å². The number of aromatic nitrogens is 2. The van der Waals surface area contributed by atoms with Crippen LogP contribution in [0.5, 0.6) is 5.75 Å². The number of rotatable bonds is 3. The molecular formula is C15H14N2O2. The molecule has 2 heterocycles. The van der Waals surface area contributed by atoms with Crippen LogP contribution in [0.2, 0.25) is 0 Å². The molecule has 3 rings (SSSR count). The van der Waals surface area contributed by atoms with E-state index >= 15 is 0 Å². The Labute approximate surface area is 111 Å². The Hall–Kier alpha value is -2.36. The van der Waals surface area contributed by atoms with Crippen molar-refractivity contribution in [3.05, 3.63) is 53.5 Å². The average molecular weight is 254 g/mol. The molecule has 1 aromatic carbocycles. The second-order valence-electron chi connectivity index (χ2n) is 4.49. The van der Waals surface area contributed by atoms with Crippen LogP contribution in [-0.4, -0.2) is 9.97 Å². The highest BCUT2D eigenvalue weighted by Crippen LogP contribution is 2.18. The Bertz CT molecular complexity index is 702. The molecule has 2 aromatic heterocycles. The van der Waals surface area contributed by atoms with E-state index in [4.69, 9.17) is 9.15 Å². The van der Waals surface area contributed by atoms with Gasteiger partial charge in [0.15, 0.2) is 6.61 Å². The lowest BCUT2D eigenvalue weighted by atomic mass is 10.2. The zero-order valence-electron chi connectivity index (χ0n) is 10.9. The first kappa shape index (κ1) is 11.7. The molecule has 0 spiro atoms. The SMILES string of the molecule is Cc1ccc(OCc2nc3c(C)ccnc3o2)cc1. The van der Waals surface area contributed by atoms with Gasteiger partial charge in [0.1, 0.15) is 11.3 Å². The summed E-state index contributed by atoms with van der Waals surface area (Å²) in [6, 6.07) is 9.79. The van der Waals surface area contributed by atoms with E-state index in [-0.39, 0.29) is 0 Å². The topological polar surface area (TPSA) is 48.2 Å². The number of oxazole rings is 1. The summed E-state index contributed by atoms with van der Waals surface area (Å²) in [4.78, 5) is 8.54. The van der Waals surface area contributed by atoms with Gasteiger partial charge in [-0.25, -0.2) is 9.97 Å². The lowest BCUT2D eigenvalue weighted by molar-refractivity contribution is 0.266. The van der Waals surface area contributed by atoms with E-state index in [0.717, 1.165) is 16.8 Å². The van der Waals surface area contributed by atoms with Crippen LogP contribution in [0.3, 0.4) is 0 Å². The van der Waals surface area contributed by atoms with Crippen molar-refractivity contribution >= 4 is 11.2 Å². The highest BCUT2D eigenvalue weighted by atomic mass is 16.5. The minimum absolute atomic E-state index is 0.304. The van der Waals surface area contributed by atoms with E-state index < -0.39 is 0 Å². The second kappa shape index (κ2) is 4.72. The van der Waals surface area contributed by atoms with Gasteiger partial charge >= 0.3 is 0 Å². The molecule has 0 fully saturated rings. The maximum atomic E-state index is 5.63. The van der Waals surface area contributed by atoms with Crippen LogP contribution in [0.1, 0.15) is 17.0 Å². The fourth-order valence-corrected chi connectivity index (χ4v) is 1.84. The molecule has 4 nitrogen and oxygen atoms in total. The molecule has 0 radical (unpaired) electrons. The van der Waals surface area contributed by atoms with Gasteiger partial charge in [-0.3, -0.25) is 0 Å². The molecule has 0 atom stereocenters. The summed E-state index contributed by atoms with van der Waals surface area (Å²) in [7, 11) is 0. The van der Waals surface area contributed by atoms with Crippen molar-refractivity contribution in [2.75, 3.05) is 0 Å². The van der Waals surface area contributed by atoms with Crippen LogP contribution in [0, 0.1) is 13.8 Å². The normalized spacial score (nSPS) is 10.8. The predicted molar refractivity (Wildman–Crippen MR) is 72.1 cm³/mol. The highest BCUT2D eigenvalue weighted by molar-refractivity contribution is 5.71. The Balaban J connectivity index is 1.78. The van der Waals surface area contributed by atoms with Crippen LogP contribution in [0.4, 0.5) is 0 Å². The highest BCUT2D eigenvalue weighted by Gasteiger charge is 2.09. The van der Waals surface area contributed by atoms with Gasteiger partial charge in [0.2, 0.25) is 11.6 Å². The van der Waals surface area contributed by atoms with Crippen LogP contribution < -0.4 is 4.74 Å². The predicted octanol–water partition coefficient (Wildman–Crippen LogP) is 3.42. The zero-order valence-corrected chi connectivity index (χ0v) is 10.9. The van der Waals surface area contributed by atoms with E-state index in [1.165, 1.54) is 5.56 Å². The number of hydrogen-bond donors (Lipinski definition) is 0. The molecule has 0 N–H and O–H groups in total. The molecule has 0 aliphatic carbocycles. The number of nitrogens with zero attached hydrogens (tertiary/aromatic N) is 2. The maximum Gasteiger partial charge on any atom is 0.247 e. The number of fused-ring (bicyclic) bond motifs is 1. The molecule has 4 heteroatoms. The number of benzene rings is 1. The van der Waals surface area contributed by atoms with Crippen molar-refractivity contribution in [3.8, 4) is 5.75 Å². The smallest absolute Gasteiger partial charge is 0.247 e. The molecule has 0 unspecified atom stereocenters. The molecule has 0 saturated heterocycles. The van der Waals surface area contributed by atoms with Gasteiger partial charge < -0.3 is 9.15 Å². The van der Waals surface area contributed by atoms with Crippen molar-refractivity contribution in [3.63, 3.8) is 0 Å². The molecule has 0 bridgehead atoms. The summed E-state index contributed by atoms with van der Waals surface area (Å²) in [6.07, 6.45) is 1.72. The first-order chi connectivity index (χ1) is 9.22. The molecule has 3 aromatic rings. The lowest BCUT2D eigenvalue weighted by Crippen LogP contribution is -1.95. The van der Waals surface area contributed by atoms with E-state index in [1.54, 1.807) is 6.20 Å². The van der Waals surface area contributed by atoms with Crippen molar-refractivity contribution < 1.29 is 9.15 Å². The molecule has 96 valence electrons. The Morgan fingerprint density at radius 2 is 1.89 bits per heavy atom. The fraction of sp³-hybridized carbons (Fsp3) is 0.200. The monoisotopic (exact) mass is 254 g/mol. The van der Waals surface area contributed by atoms with E-state index in [9.17, 15) is 0 Å². The van der Waals surface area contributed by atoms with Crippen molar-refractivity contribution in [1.29, 1.82) is 0 Å². The van der Waals surface area contributed by atoms with Crippen LogP contribution in [0.15, 0.2) is 40.9 Å². The Morgan fingerprint density at radius 3 is 2.63 bits per heavy atom. The molecular weight excluding hydrogens is 240 g/mol. The third-order valence-electron chi connectivity index (χ3n) is 2.93. The number of pyridine rings is 1. The Morgan fingerprint density at radius 1 is 1.11 bits per heavy atom. The number of aryl methyl sites for hydroxylation is 2. The number of ether oxygens (including phenoxy) is 1. The summed E-state index contributed by atoms with van der Waals surface area (Å²) in [5.41, 5.74) is 3.61. The van der Waals surface area contributed by atoms with Gasteiger partial charge in [0, 0.05) is 6.20 Å². The van der Waals surface area contributed by atoms with E-state index in [2.05, 4.69) is 9.97 Å². The molecule has 0 amide bonds. The minimum Gasteiger partial charge on any atom is -0.484 e. The van der Waals surface area contributed by atoms with Gasteiger partial charge in [0.25, 0.3) is 0 Å². The molecule has 0 aliphatic rings. The van der Waals surface area contributed by atoms with E-state index in [1.807, 2.05) is 44.2 Å². The van der Waals surface area contributed by atoms with Gasteiger partial charge in [-0.2, -0.15) is 0 Å². The Kier molecular flexibility index (Phi) is 2.91. The number of hydrogen-bond acceptors (Lipinski definition) is 4. The first-order valence-electron chi connectivity index (χ1n) is 6.13. The second-order valence-corrected chi connectivity index (χ2v) is 4.49. The molecule has 19 heavy (non-hydrogen) atoms. The van der Waals surface area contributed by atoms with Gasteiger partial charge in [-0.15, -0.1) is 0 Å². The van der Waals surface area contributed by atoms with Crippen molar-refractivity contribution in [2.45, 2.75) is 20.5 Å². The average Bonchev–Trinajstić information content (AvgIpc) is 2.83. The van der Waals surface area contributed by atoms with Gasteiger partial charge in [-0.1, -0.05) is 17.7 Å².